The molecule has 3 nitrogen and oxygen atoms in total. The number of rotatable bonds is 3. The molecule has 0 saturated carbocycles. The van der Waals surface area contributed by atoms with Crippen LogP contribution in [0, 0.1) is 0 Å². The summed E-state index contributed by atoms with van der Waals surface area (Å²) in [5.41, 5.74) is -0.357. The minimum atomic E-state index is -1.61. The summed E-state index contributed by atoms with van der Waals surface area (Å²) in [6, 6.07) is 7.13. The van der Waals surface area contributed by atoms with Gasteiger partial charge in [0.1, 0.15) is 5.52 Å². The number of para-hydroxylation sites is 2. The highest BCUT2D eigenvalue weighted by Crippen LogP contribution is 2.27. The largest absolute Gasteiger partial charge is 0.431 e. The molecule has 0 amide bonds. The van der Waals surface area contributed by atoms with Crippen molar-refractivity contribution < 1.29 is 13.6 Å². The Balaban J connectivity index is 2.26. The van der Waals surface area contributed by atoms with Gasteiger partial charge in [-0.25, -0.2) is 9.37 Å². The number of ketones is 1. The number of nitrogens with zero attached hydrogens (tertiary/aromatic N) is 1. The first-order chi connectivity index (χ1) is 7.16. The summed E-state index contributed by atoms with van der Waals surface area (Å²) in [6.07, 6.45) is 0. The van der Waals surface area contributed by atoms with Crippen molar-refractivity contribution in [3.05, 3.63) is 24.3 Å². The van der Waals surface area contributed by atoms with Crippen LogP contribution in [0.1, 0.15) is 6.92 Å². The predicted octanol–water partition coefficient (Wildman–Crippen LogP) is 2.80. The van der Waals surface area contributed by atoms with Crippen LogP contribution >= 0.6 is 11.8 Å². The summed E-state index contributed by atoms with van der Waals surface area (Å²) >= 11 is 0.683. The first-order valence-electron chi connectivity index (χ1n) is 4.33. The molecule has 78 valence electrons. The fraction of sp³-hybridized carbons (Fsp3) is 0.200. The number of oxazole rings is 1. The topological polar surface area (TPSA) is 43.1 Å². The number of fused-ring (bicyclic) bond motifs is 1. The normalized spacial score (nSPS) is 12.9. The molecule has 0 aliphatic rings. The second-order valence-electron chi connectivity index (χ2n) is 2.99. The van der Waals surface area contributed by atoms with Crippen LogP contribution in [0.15, 0.2) is 33.9 Å². The molecule has 1 atom stereocenters. The monoisotopic (exact) mass is 225 g/mol. The molecule has 0 bridgehead atoms. The van der Waals surface area contributed by atoms with E-state index < -0.39 is 11.3 Å². The lowest BCUT2D eigenvalue weighted by Gasteiger charge is -1.97. The molecule has 15 heavy (non-hydrogen) atoms. The van der Waals surface area contributed by atoms with Gasteiger partial charge in [-0.05, 0) is 30.8 Å². The van der Waals surface area contributed by atoms with Crippen LogP contribution in [-0.4, -0.2) is 16.3 Å². The van der Waals surface area contributed by atoms with Crippen molar-refractivity contribution in [3.8, 4) is 0 Å². The maximum absolute atomic E-state index is 13.1. The highest BCUT2D eigenvalue weighted by Gasteiger charge is 2.17. The average Bonchev–Trinajstić information content (AvgIpc) is 2.59. The zero-order valence-electron chi connectivity index (χ0n) is 7.94. The molecule has 0 saturated heterocycles. The lowest BCUT2D eigenvalue weighted by Crippen LogP contribution is -2.05. The lowest BCUT2D eigenvalue weighted by atomic mass is 10.3. The van der Waals surface area contributed by atoms with Gasteiger partial charge in [0.2, 0.25) is 5.50 Å². The summed E-state index contributed by atoms with van der Waals surface area (Å²) in [4.78, 5) is 14.7. The SMILES string of the molecule is CC(=O)C(F)Sc1nc2ccccc2o1. The van der Waals surface area contributed by atoms with Gasteiger partial charge in [0.05, 0.1) is 0 Å². The van der Waals surface area contributed by atoms with Crippen molar-refractivity contribution in [1.82, 2.24) is 4.98 Å². The van der Waals surface area contributed by atoms with Gasteiger partial charge in [-0.3, -0.25) is 4.79 Å². The number of carbonyl (C=O) groups is 1. The van der Waals surface area contributed by atoms with E-state index in [4.69, 9.17) is 4.42 Å². The molecule has 0 N–H and O–H groups in total. The highest BCUT2D eigenvalue weighted by molar-refractivity contribution is 8.00. The number of aromatic nitrogens is 1. The van der Waals surface area contributed by atoms with Gasteiger partial charge in [-0.15, -0.1) is 0 Å². The molecule has 5 heteroatoms. The molecule has 0 radical (unpaired) electrons. The molecule has 1 unspecified atom stereocenters. The molecular formula is C10H8FNO2S. The Morgan fingerprint density at radius 2 is 2.27 bits per heavy atom. The van der Waals surface area contributed by atoms with E-state index in [1.54, 1.807) is 18.2 Å². The molecule has 0 fully saturated rings. The lowest BCUT2D eigenvalue weighted by molar-refractivity contribution is -0.118. The first-order valence-corrected chi connectivity index (χ1v) is 5.21. The van der Waals surface area contributed by atoms with E-state index in [9.17, 15) is 9.18 Å². The van der Waals surface area contributed by atoms with Gasteiger partial charge >= 0.3 is 0 Å². The molecule has 1 aromatic carbocycles. The maximum atomic E-state index is 13.1. The molecule has 2 aromatic rings. The number of alkyl halides is 1. The van der Waals surface area contributed by atoms with Crippen LogP contribution in [0.4, 0.5) is 4.39 Å². The molecule has 1 heterocycles. The summed E-state index contributed by atoms with van der Waals surface area (Å²) in [7, 11) is 0. The molecule has 0 spiro atoms. The van der Waals surface area contributed by atoms with Crippen molar-refractivity contribution in [2.24, 2.45) is 0 Å². The van der Waals surface area contributed by atoms with Gasteiger partial charge in [0.15, 0.2) is 11.4 Å². The minimum Gasteiger partial charge on any atom is -0.431 e. The van der Waals surface area contributed by atoms with Gasteiger partial charge in [-0.1, -0.05) is 12.1 Å². The Labute approximate surface area is 89.7 Å². The third-order valence-electron chi connectivity index (χ3n) is 1.80. The smallest absolute Gasteiger partial charge is 0.260 e. The van der Waals surface area contributed by atoms with Crippen LogP contribution in [0.25, 0.3) is 11.1 Å². The van der Waals surface area contributed by atoms with Crippen molar-refractivity contribution in [2.75, 3.05) is 0 Å². The summed E-state index contributed by atoms with van der Waals surface area (Å²) in [5, 5.41) is 0.180. The number of thioether (sulfide) groups is 1. The fourth-order valence-corrected chi connectivity index (χ4v) is 1.70. The van der Waals surface area contributed by atoms with Crippen LogP contribution in [0.2, 0.25) is 0 Å². The third kappa shape index (κ3) is 2.18. The summed E-state index contributed by atoms with van der Waals surface area (Å²) in [5.74, 6) is -0.540. The summed E-state index contributed by atoms with van der Waals surface area (Å²) < 4.78 is 18.3. The van der Waals surface area contributed by atoms with E-state index in [1.165, 1.54) is 6.92 Å². The Bertz CT molecular complexity index is 464. The Morgan fingerprint density at radius 3 is 2.93 bits per heavy atom. The molecule has 0 aliphatic carbocycles. The highest BCUT2D eigenvalue weighted by atomic mass is 32.2. The van der Waals surface area contributed by atoms with Crippen molar-refractivity contribution in [1.29, 1.82) is 0 Å². The number of Topliss-reactive ketones (excluding diaryl/α,β-unsaturated/α-hetero) is 1. The molecular weight excluding hydrogens is 217 g/mol. The van der Waals surface area contributed by atoms with E-state index in [-0.39, 0.29) is 5.22 Å². The quantitative estimate of drug-likeness (QED) is 0.753. The number of hydrogen-bond acceptors (Lipinski definition) is 4. The number of carbonyl (C=O) groups excluding carboxylic acids is 1. The second kappa shape index (κ2) is 4.02. The third-order valence-corrected chi connectivity index (χ3v) is 2.71. The number of benzene rings is 1. The van der Waals surface area contributed by atoms with Crippen molar-refractivity contribution in [2.45, 2.75) is 17.7 Å². The minimum absolute atomic E-state index is 0.180. The average molecular weight is 225 g/mol. The van der Waals surface area contributed by atoms with Crippen molar-refractivity contribution in [3.63, 3.8) is 0 Å². The van der Waals surface area contributed by atoms with E-state index in [0.717, 1.165) is 0 Å². The van der Waals surface area contributed by atoms with E-state index >= 15 is 0 Å². The predicted molar refractivity (Wildman–Crippen MR) is 55.4 cm³/mol. The maximum Gasteiger partial charge on any atom is 0.260 e. The van der Waals surface area contributed by atoms with Crippen LogP contribution in [-0.2, 0) is 4.79 Å². The number of halogens is 1. The Hall–Kier alpha value is -1.36. The molecule has 2 rings (SSSR count). The fourth-order valence-electron chi connectivity index (χ4n) is 1.07. The van der Waals surface area contributed by atoms with Gasteiger partial charge < -0.3 is 4.42 Å². The zero-order valence-corrected chi connectivity index (χ0v) is 8.75. The van der Waals surface area contributed by atoms with Gasteiger partial charge in [-0.2, -0.15) is 0 Å². The van der Waals surface area contributed by atoms with Gasteiger partial charge in [0, 0.05) is 0 Å². The van der Waals surface area contributed by atoms with E-state index in [1.807, 2.05) is 6.07 Å². The van der Waals surface area contributed by atoms with Crippen LogP contribution in [0.5, 0.6) is 0 Å². The zero-order chi connectivity index (χ0) is 10.8. The van der Waals surface area contributed by atoms with Crippen LogP contribution < -0.4 is 0 Å². The Kier molecular flexibility index (Phi) is 2.73. The second-order valence-corrected chi connectivity index (χ2v) is 3.99. The van der Waals surface area contributed by atoms with Crippen molar-refractivity contribution >= 4 is 28.6 Å². The Morgan fingerprint density at radius 1 is 1.53 bits per heavy atom. The van der Waals surface area contributed by atoms with E-state index in [2.05, 4.69) is 4.98 Å². The first kappa shape index (κ1) is 10.2. The van der Waals surface area contributed by atoms with Gasteiger partial charge in [0.25, 0.3) is 5.22 Å². The number of hydrogen-bond donors (Lipinski definition) is 0. The van der Waals surface area contributed by atoms with Crippen LogP contribution in [0.3, 0.4) is 0 Å². The summed E-state index contributed by atoms with van der Waals surface area (Å²) in [6.45, 7) is 1.19. The molecule has 1 aromatic heterocycles. The standard InChI is InChI=1S/C10H8FNO2S/c1-6(13)9(11)15-10-12-7-4-2-3-5-8(7)14-10/h2-5,9H,1H3. The molecule has 0 aliphatic heterocycles. The van der Waals surface area contributed by atoms with E-state index in [0.29, 0.717) is 22.9 Å².